The van der Waals surface area contributed by atoms with Crippen LogP contribution in [-0.2, 0) is 4.74 Å². The molecule has 128 valence electrons. The summed E-state index contributed by atoms with van der Waals surface area (Å²) < 4.78 is 44.3. The first kappa shape index (κ1) is 16.5. The molecule has 0 unspecified atom stereocenters. The fourth-order valence-electron chi connectivity index (χ4n) is 4.50. The summed E-state index contributed by atoms with van der Waals surface area (Å²) in [7, 11) is 0. The number of aliphatic hydroxyl groups is 1. The van der Waals surface area contributed by atoms with Crippen LogP contribution in [-0.4, -0.2) is 41.7 Å². The molecular weight excluding hydrogens is 295 g/mol. The van der Waals surface area contributed by atoms with E-state index in [1.807, 2.05) is 6.92 Å². The van der Waals surface area contributed by atoms with Gasteiger partial charge < -0.3 is 15.2 Å². The maximum Gasteiger partial charge on any atom is 0.417 e. The van der Waals surface area contributed by atoms with Gasteiger partial charge in [-0.25, -0.2) is 0 Å². The molecule has 0 aromatic heterocycles. The lowest BCUT2D eigenvalue weighted by atomic mass is 9.50. The van der Waals surface area contributed by atoms with Gasteiger partial charge in [0, 0.05) is 24.1 Å². The minimum absolute atomic E-state index is 0.0904. The standard InChI is InChI=1S/C16H26F3NO2/c1-2-22-13-10-12(14(13)6-3-7-14)20-11-4-8-15(21,9-5-11)16(17,18)19/h11-13,20-21H,2-10H2,1H3/t11?,12-,13+,15?/m1/s1. The van der Waals surface area contributed by atoms with Crippen molar-refractivity contribution in [2.24, 2.45) is 5.41 Å². The largest absolute Gasteiger partial charge is 0.417 e. The molecule has 3 saturated carbocycles. The molecule has 3 aliphatic rings. The molecule has 0 radical (unpaired) electrons. The second kappa shape index (κ2) is 5.64. The van der Waals surface area contributed by atoms with Crippen LogP contribution in [0.1, 0.15) is 58.3 Å². The van der Waals surface area contributed by atoms with Gasteiger partial charge in [0.25, 0.3) is 0 Å². The van der Waals surface area contributed by atoms with Crippen LogP contribution < -0.4 is 5.32 Å². The van der Waals surface area contributed by atoms with Crippen LogP contribution in [0.2, 0.25) is 0 Å². The van der Waals surface area contributed by atoms with Crippen molar-refractivity contribution in [3.63, 3.8) is 0 Å². The fourth-order valence-corrected chi connectivity index (χ4v) is 4.50. The van der Waals surface area contributed by atoms with Gasteiger partial charge >= 0.3 is 6.18 Å². The van der Waals surface area contributed by atoms with E-state index in [0.29, 0.717) is 25.0 Å². The highest BCUT2D eigenvalue weighted by Crippen LogP contribution is 2.57. The minimum Gasteiger partial charge on any atom is -0.380 e. The first-order valence-electron chi connectivity index (χ1n) is 8.47. The van der Waals surface area contributed by atoms with Gasteiger partial charge in [0.1, 0.15) is 0 Å². The van der Waals surface area contributed by atoms with Crippen LogP contribution in [0.15, 0.2) is 0 Å². The molecule has 3 fully saturated rings. The Morgan fingerprint density at radius 1 is 1.18 bits per heavy atom. The molecule has 0 heterocycles. The maximum atomic E-state index is 12.8. The molecule has 2 atom stereocenters. The van der Waals surface area contributed by atoms with E-state index in [9.17, 15) is 18.3 Å². The predicted octanol–water partition coefficient (Wildman–Crippen LogP) is 3.16. The topological polar surface area (TPSA) is 41.5 Å². The number of rotatable bonds is 4. The monoisotopic (exact) mass is 321 g/mol. The van der Waals surface area contributed by atoms with Crippen molar-refractivity contribution in [2.75, 3.05) is 6.61 Å². The van der Waals surface area contributed by atoms with Crippen LogP contribution in [0.25, 0.3) is 0 Å². The van der Waals surface area contributed by atoms with Crippen LogP contribution in [0.5, 0.6) is 0 Å². The zero-order valence-corrected chi connectivity index (χ0v) is 13.1. The third-order valence-corrected chi connectivity index (χ3v) is 6.21. The molecule has 0 bridgehead atoms. The smallest absolute Gasteiger partial charge is 0.380 e. The average molecular weight is 321 g/mol. The van der Waals surface area contributed by atoms with E-state index in [4.69, 9.17) is 4.74 Å². The Bertz CT molecular complexity index is 401. The number of nitrogens with one attached hydrogen (secondary N) is 1. The van der Waals surface area contributed by atoms with Gasteiger partial charge in [0.2, 0.25) is 0 Å². The molecule has 6 heteroatoms. The number of ether oxygens (including phenoxy) is 1. The van der Waals surface area contributed by atoms with Crippen molar-refractivity contribution in [3.8, 4) is 0 Å². The van der Waals surface area contributed by atoms with E-state index < -0.39 is 11.8 Å². The number of alkyl halides is 3. The molecular formula is C16H26F3NO2. The van der Waals surface area contributed by atoms with E-state index in [0.717, 1.165) is 25.9 Å². The van der Waals surface area contributed by atoms with Crippen molar-refractivity contribution in [1.82, 2.24) is 5.32 Å². The van der Waals surface area contributed by atoms with Crippen molar-refractivity contribution in [2.45, 2.75) is 88.3 Å². The Morgan fingerprint density at radius 3 is 2.27 bits per heavy atom. The van der Waals surface area contributed by atoms with Crippen molar-refractivity contribution in [3.05, 3.63) is 0 Å². The maximum absolute atomic E-state index is 12.8. The molecule has 3 nitrogen and oxygen atoms in total. The lowest BCUT2D eigenvalue weighted by Crippen LogP contribution is -2.68. The lowest BCUT2D eigenvalue weighted by molar-refractivity contribution is -0.271. The molecule has 0 aromatic rings. The van der Waals surface area contributed by atoms with E-state index in [-0.39, 0.29) is 24.3 Å². The third kappa shape index (κ3) is 2.57. The summed E-state index contributed by atoms with van der Waals surface area (Å²) in [5.41, 5.74) is -2.25. The summed E-state index contributed by atoms with van der Waals surface area (Å²) in [6, 6.07) is 0.465. The summed E-state index contributed by atoms with van der Waals surface area (Å²) in [5.74, 6) is 0. The zero-order valence-electron chi connectivity index (χ0n) is 13.1. The highest BCUT2D eigenvalue weighted by atomic mass is 19.4. The van der Waals surface area contributed by atoms with Crippen LogP contribution in [0.4, 0.5) is 13.2 Å². The van der Waals surface area contributed by atoms with Crippen molar-refractivity contribution < 1.29 is 23.0 Å². The summed E-state index contributed by atoms with van der Waals surface area (Å²) in [6.07, 6.45) is 0.718. The van der Waals surface area contributed by atoms with Crippen LogP contribution in [0.3, 0.4) is 0 Å². The quantitative estimate of drug-likeness (QED) is 0.836. The highest BCUT2D eigenvalue weighted by molar-refractivity contribution is 5.13. The number of hydrogen-bond donors (Lipinski definition) is 2. The molecule has 0 aromatic carbocycles. The second-order valence-electron chi connectivity index (χ2n) is 7.29. The first-order chi connectivity index (χ1) is 10.3. The second-order valence-corrected chi connectivity index (χ2v) is 7.29. The molecule has 0 aliphatic heterocycles. The van der Waals surface area contributed by atoms with Crippen LogP contribution in [0, 0.1) is 5.41 Å². The summed E-state index contributed by atoms with van der Waals surface area (Å²) in [6.45, 7) is 2.73. The Kier molecular flexibility index (Phi) is 4.23. The molecule has 3 aliphatic carbocycles. The average Bonchev–Trinajstić information content (AvgIpc) is 2.36. The van der Waals surface area contributed by atoms with E-state index in [1.165, 1.54) is 6.42 Å². The van der Waals surface area contributed by atoms with Gasteiger partial charge in [0.05, 0.1) is 6.10 Å². The van der Waals surface area contributed by atoms with Crippen molar-refractivity contribution >= 4 is 0 Å². The fraction of sp³-hybridized carbons (Fsp3) is 1.00. The summed E-state index contributed by atoms with van der Waals surface area (Å²) in [5, 5.41) is 13.3. The van der Waals surface area contributed by atoms with Gasteiger partial charge in [-0.05, 0) is 51.9 Å². The van der Waals surface area contributed by atoms with Crippen molar-refractivity contribution in [1.29, 1.82) is 0 Å². The van der Waals surface area contributed by atoms with Gasteiger partial charge in [-0.2, -0.15) is 13.2 Å². The third-order valence-electron chi connectivity index (χ3n) is 6.21. The number of hydrogen-bond acceptors (Lipinski definition) is 3. The van der Waals surface area contributed by atoms with E-state index >= 15 is 0 Å². The normalized spacial score (nSPS) is 41.0. The van der Waals surface area contributed by atoms with E-state index in [1.54, 1.807) is 0 Å². The van der Waals surface area contributed by atoms with E-state index in [2.05, 4.69) is 5.32 Å². The molecule has 1 spiro atoms. The van der Waals surface area contributed by atoms with Gasteiger partial charge in [-0.3, -0.25) is 0 Å². The Balaban J connectivity index is 1.52. The van der Waals surface area contributed by atoms with Crippen LogP contribution >= 0.6 is 0 Å². The summed E-state index contributed by atoms with van der Waals surface area (Å²) >= 11 is 0. The van der Waals surface area contributed by atoms with Gasteiger partial charge in [-0.15, -0.1) is 0 Å². The molecule has 2 N–H and O–H groups in total. The highest BCUT2D eigenvalue weighted by Gasteiger charge is 2.60. The SMILES string of the molecule is CCO[C@H]1C[C@@H](NC2CCC(O)(C(F)(F)F)CC2)C12CCC2. The molecule has 3 rings (SSSR count). The number of halogens is 3. The molecule has 0 amide bonds. The first-order valence-corrected chi connectivity index (χ1v) is 8.47. The Hall–Kier alpha value is -0.330. The molecule has 0 saturated heterocycles. The Morgan fingerprint density at radius 2 is 1.82 bits per heavy atom. The Labute approximate surface area is 129 Å². The van der Waals surface area contributed by atoms with Gasteiger partial charge in [0.15, 0.2) is 5.60 Å². The molecule has 22 heavy (non-hydrogen) atoms. The lowest BCUT2D eigenvalue weighted by Gasteiger charge is -2.62. The predicted molar refractivity (Wildman–Crippen MR) is 76.5 cm³/mol. The minimum atomic E-state index is -4.51. The van der Waals surface area contributed by atoms with Gasteiger partial charge in [-0.1, -0.05) is 6.42 Å². The summed E-state index contributed by atoms with van der Waals surface area (Å²) in [4.78, 5) is 0. The zero-order chi connectivity index (χ0) is 16.0.